The molecule has 1 aliphatic carbocycles. The number of thiazole rings is 1. The molecule has 2 heterocycles. The number of benzene rings is 1. The van der Waals surface area contributed by atoms with Gasteiger partial charge in [-0.2, -0.15) is 18.2 Å². The van der Waals surface area contributed by atoms with Crippen molar-refractivity contribution >= 4 is 33.3 Å². The number of nitrogens with zero attached hydrogens (tertiary/aromatic N) is 3. The molecule has 2 aromatic heterocycles. The maximum atomic E-state index is 12.6. The molecule has 1 aliphatic rings. The lowest BCUT2D eigenvalue weighted by molar-refractivity contribution is -0.115. The highest BCUT2D eigenvalue weighted by Crippen LogP contribution is 2.37. The van der Waals surface area contributed by atoms with Crippen molar-refractivity contribution in [1.82, 2.24) is 15.0 Å². The molecular formula is C20H22F3N5S. The molecule has 2 N–H and O–H groups in total. The van der Waals surface area contributed by atoms with Crippen LogP contribution in [0.3, 0.4) is 0 Å². The number of aryl methyl sites for hydroxylation is 1. The van der Waals surface area contributed by atoms with E-state index in [0.717, 1.165) is 40.1 Å². The average Bonchev–Trinajstić information content (AvgIpc) is 3.25. The van der Waals surface area contributed by atoms with Gasteiger partial charge in [-0.05, 0) is 44.2 Å². The molecule has 0 bridgehead atoms. The minimum absolute atomic E-state index is 0.0294. The van der Waals surface area contributed by atoms with Crippen LogP contribution >= 0.6 is 11.3 Å². The van der Waals surface area contributed by atoms with E-state index in [1.807, 2.05) is 24.3 Å². The van der Waals surface area contributed by atoms with Crippen LogP contribution in [0.4, 0.5) is 24.9 Å². The molecule has 9 heteroatoms. The highest BCUT2D eigenvalue weighted by Gasteiger charge is 2.28. The van der Waals surface area contributed by atoms with Crippen molar-refractivity contribution in [3.8, 4) is 10.6 Å². The summed E-state index contributed by atoms with van der Waals surface area (Å²) in [4.78, 5) is 13.4. The van der Waals surface area contributed by atoms with E-state index in [-0.39, 0.29) is 12.0 Å². The summed E-state index contributed by atoms with van der Waals surface area (Å²) in [7, 11) is 0. The number of fused-ring (bicyclic) bond motifs is 1. The first-order valence-electron chi connectivity index (χ1n) is 9.60. The third-order valence-electron chi connectivity index (χ3n) is 5.08. The SMILES string of the molecule is Cc1nc(NCC(F)(F)F)nc(NC2CCC(C)C2)c1-c1nc2ccccc2s1. The number of hydrogen-bond acceptors (Lipinski definition) is 6. The number of alkyl halides is 3. The number of nitrogens with one attached hydrogen (secondary N) is 2. The minimum Gasteiger partial charge on any atom is -0.367 e. The van der Waals surface area contributed by atoms with Gasteiger partial charge in [-0.3, -0.25) is 0 Å². The first-order valence-corrected chi connectivity index (χ1v) is 10.4. The summed E-state index contributed by atoms with van der Waals surface area (Å²) in [5.41, 5.74) is 2.23. The molecule has 4 rings (SSSR count). The lowest BCUT2D eigenvalue weighted by Crippen LogP contribution is -2.23. The second-order valence-corrected chi connectivity index (χ2v) is 8.60. The van der Waals surface area contributed by atoms with Gasteiger partial charge in [-0.1, -0.05) is 19.1 Å². The molecular weight excluding hydrogens is 399 g/mol. The number of para-hydroxylation sites is 1. The number of aromatic nitrogens is 3. The van der Waals surface area contributed by atoms with E-state index in [1.54, 1.807) is 6.92 Å². The van der Waals surface area contributed by atoms with Crippen molar-refractivity contribution in [2.24, 2.45) is 5.92 Å². The monoisotopic (exact) mass is 421 g/mol. The van der Waals surface area contributed by atoms with Gasteiger partial charge >= 0.3 is 6.18 Å². The second-order valence-electron chi connectivity index (χ2n) is 7.57. The van der Waals surface area contributed by atoms with Gasteiger partial charge in [0, 0.05) is 6.04 Å². The van der Waals surface area contributed by atoms with Gasteiger partial charge in [-0.15, -0.1) is 11.3 Å². The summed E-state index contributed by atoms with van der Waals surface area (Å²) in [6.45, 7) is 2.81. The van der Waals surface area contributed by atoms with Gasteiger partial charge in [0.2, 0.25) is 5.95 Å². The van der Waals surface area contributed by atoms with Crippen LogP contribution in [-0.4, -0.2) is 33.7 Å². The van der Waals surface area contributed by atoms with E-state index < -0.39 is 12.7 Å². The highest BCUT2D eigenvalue weighted by atomic mass is 32.1. The van der Waals surface area contributed by atoms with Crippen LogP contribution in [0.2, 0.25) is 0 Å². The average molecular weight is 421 g/mol. The van der Waals surface area contributed by atoms with Crippen LogP contribution in [0.1, 0.15) is 31.9 Å². The maximum Gasteiger partial charge on any atom is 0.405 e. The molecule has 3 aromatic rings. The van der Waals surface area contributed by atoms with Crippen LogP contribution in [0.5, 0.6) is 0 Å². The third-order valence-corrected chi connectivity index (χ3v) is 6.13. The zero-order valence-electron chi connectivity index (χ0n) is 16.2. The summed E-state index contributed by atoms with van der Waals surface area (Å²) in [5.74, 6) is 1.13. The molecule has 1 fully saturated rings. The largest absolute Gasteiger partial charge is 0.405 e. The fourth-order valence-corrected chi connectivity index (χ4v) is 4.77. The van der Waals surface area contributed by atoms with Crippen molar-refractivity contribution in [3.63, 3.8) is 0 Å². The first-order chi connectivity index (χ1) is 13.8. The summed E-state index contributed by atoms with van der Waals surface area (Å²) in [5, 5.41) is 6.52. The number of rotatable bonds is 5. The van der Waals surface area contributed by atoms with Gasteiger partial charge in [-0.25, -0.2) is 9.97 Å². The zero-order valence-corrected chi connectivity index (χ0v) is 17.0. The van der Waals surface area contributed by atoms with Crippen molar-refractivity contribution in [2.75, 3.05) is 17.2 Å². The Kier molecular flexibility index (Phi) is 5.33. The van der Waals surface area contributed by atoms with Gasteiger partial charge in [0.25, 0.3) is 0 Å². The molecule has 29 heavy (non-hydrogen) atoms. The Hall–Kier alpha value is -2.42. The van der Waals surface area contributed by atoms with E-state index >= 15 is 0 Å². The molecule has 0 spiro atoms. The lowest BCUT2D eigenvalue weighted by atomic mass is 10.1. The molecule has 0 saturated heterocycles. The number of anilines is 2. The first kappa shape index (κ1) is 19.9. The Balaban J connectivity index is 1.73. The van der Waals surface area contributed by atoms with Gasteiger partial charge in [0.15, 0.2) is 0 Å². The van der Waals surface area contributed by atoms with Crippen molar-refractivity contribution in [1.29, 1.82) is 0 Å². The van der Waals surface area contributed by atoms with E-state index in [0.29, 0.717) is 17.4 Å². The third kappa shape index (κ3) is 4.60. The Morgan fingerprint density at radius 3 is 2.62 bits per heavy atom. The standard InChI is InChI=1S/C20H22F3N5S/c1-11-7-8-13(9-11)26-17-16(18-27-14-5-3-4-6-15(14)29-18)12(2)25-19(28-17)24-10-20(21,22)23/h3-6,11,13H,7-10H2,1-2H3,(H2,24,25,26,28). The molecule has 5 nitrogen and oxygen atoms in total. The molecule has 154 valence electrons. The Labute approximate surface area is 170 Å². The molecule has 0 radical (unpaired) electrons. The summed E-state index contributed by atoms with van der Waals surface area (Å²) in [6.07, 6.45) is -1.20. The smallest absolute Gasteiger partial charge is 0.367 e. The fraction of sp³-hybridized carbons (Fsp3) is 0.450. The summed E-state index contributed by atoms with van der Waals surface area (Å²) >= 11 is 1.53. The van der Waals surface area contributed by atoms with Crippen LogP contribution in [-0.2, 0) is 0 Å². The van der Waals surface area contributed by atoms with Crippen LogP contribution < -0.4 is 10.6 Å². The molecule has 0 aliphatic heterocycles. The molecule has 2 unspecified atom stereocenters. The highest BCUT2D eigenvalue weighted by molar-refractivity contribution is 7.21. The van der Waals surface area contributed by atoms with E-state index in [9.17, 15) is 13.2 Å². The van der Waals surface area contributed by atoms with E-state index in [4.69, 9.17) is 4.98 Å². The quantitative estimate of drug-likeness (QED) is 0.559. The van der Waals surface area contributed by atoms with E-state index in [2.05, 4.69) is 27.5 Å². The summed E-state index contributed by atoms with van der Waals surface area (Å²) < 4.78 is 38.9. The molecule has 1 aromatic carbocycles. The Morgan fingerprint density at radius 2 is 1.93 bits per heavy atom. The van der Waals surface area contributed by atoms with E-state index in [1.165, 1.54) is 11.3 Å². The van der Waals surface area contributed by atoms with Crippen molar-refractivity contribution in [2.45, 2.75) is 45.3 Å². The molecule has 0 amide bonds. The zero-order chi connectivity index (χ0) is 20.6. The fourth-order valence-electron chi connectivity index (χ4n) is 3.70. The second kappa shape index (κ2) is 7.78. The molecule has 1 saturated carbocycles. The Morgan fingerprint density at radius 1 is 1.14 bits per heavy atom. The molecule has 2 atom stereocenters. The number of hydrogen-bond donors (Lipinski definition) is 2. The van der Waals surface area contributed by atoms with Crippen LogP contribution in [0, 0.1) is 12.8 Å². The lowest BCUT2D eigenvalue weighted by Gasteiger charge is -2.18. The Bertz CT molecular complexity index is 984. The predicted octanol–water partition coefficient (Wildman–Crippen LogP) is 5.64. The van der Waals surface area contributed by atoms with Crippen molar-refractivity contribution < 1.29 is 13.2 Å². The minimum atomic E-state index is -4.34. The van der Waals surface area contributed by atoms with Crippen molar-refractivity contribution in [3.05, 3.63) is 30.0 Å². The number of halogens is 3. The summed E-state index contributed by atoms with van der Waals surface area (Å²) in [6, 6.07) is 8.06. The normalized spacial score (nSPS) is 19.6. The maximum absolute atomic E-state index is 12.6. The van der Waals surface area contributed by atoms with Gasteiger partial charge in [0.05, 0.1) is 21.5 Å². The van der Waals surface area contributed by atoms with Gasteiger partial charge in [0.1, 0.15) is 17.4 Å². The van der Waals surface area contributed by atoms with Gasteiger partial charge < -0.3 is 10.6 Å². The predicted molar refractivity (Wildman–Crippen MR) is 110 cm³/mol. The van der Waals surface area contributed by atoms with Crippen LogP contribution in [0.25, 0.3) is 20.8 Å². The topological polar surface area (TPSA) is 62.7 Å². The van der Waals surface area contributed by atoms with Crippen LogP contribution in [0.15, 0.2) is 24.3 Å².